The van der Waals surface area contributed by atoms with Crippen molar-refractivity contribution in [1.29, 1.82) is 0 Å². The van der Waals surface area contributed by atoms with Crippen LogP contribution in [-0.4, -0.2) is 23.4 Å². The van der Waals surface area contributed by atoms with Gasteiger partial charge >= 0.3 is 0 Å². The molecular weight excluding hydrogens is 240 g/mol. The number of hydrogen-bond acceptors (Lipinski definition) is 3. The van der Waals surface area contributed by atoms with Gasteiger partial charge in [0.2, 0.25) is 0 Å². The number of rotatable bonds is 3. The molecule has 0 amide bonds. The van der Waals surface area contributed by atoms with Crippen LogP contribution in [0.1, 0.15) is 44.9 Å². The zero-order chi connectivity index (χ0) is 13.1. The van der Waals surface area contributed by atoms with Gasteiger partial charge in [0, 0.05) is 0 Å². The summed E-state index contributed by atoms with van der Waals surface area (Å²) in [7, 11) is 0. The molecule has 1 aliphatic heterocycles. The highest BCUT2D eigenvalue weighted by Crippen LogP contribution is 2.41. The van der Waals surface area contributed by atoms with E-state index >= 15 is 0 Å². The molecule has 2 aliphatic rings. The van der Waals surface area contributed by atoms with E-state index in [0.717, 1.165) is 12.2 Å². The smallest absolute Gasteiger partial charge is 0.119 e. The van der Waals surface area contributed by atoms with E-state index in [1.54, 1.807) is 24.3 Å². The van der Waals surface area contributed by atoms with Crippen molar-refractivity contribution >= 4 is 0 Å². The van der Waals surface area contributed by atoms with Gasteiger partial charge in [-0.2, -0.15) is 0 Å². The lowest BCUT2D eigenvalue weighted by atomic mass is 9.83. The van der Waals surface area contributed by atoms with Crippen LogP contribution in [0.4, 0.5) is 0 Å². The predicted molar refractivity (Wildman–Crippen MR) is 73.5 cm³/mol. The van der Waals surface area contributed by atoms with Gasteiger partial charge in [0.25, 0.3) is 0 Å². The van der Waals surface area contributed by atoms with Gasteiger partial charge < -0.3 is 14.6 Å². The highest BCUT2D eigenvalue weighted by Gasteiger charge is 2.40. The predicted octanol–water partition coefficient (Wildman–Crippen LogP) is 3.65. The monoisotopic (exact) mass is 262 g/mol. The summed E-state index contributed by atoms with van der Waals surface area (Å²) < 4.78 is 12.0. The van der Waals surface area contributed by atoms with Gasteiger partial charge in [-0.1, -0.05) is 19.3 Å². The number of phenolic OH excluding ortho intramolecular Hbond substituents is 1. The Bertz CT molecular complexity index is 407. The van der Waals surface area contributed by atoms with Crippen LogP contribution in [-0.2, 0) is 4.74 Å². The minimum atomic E-state index is 0.168. The summed E-state index contributed by atoms with van der Waals surface area (Å²) in [6.07, 6.45) is 8.96. The first-order valence-electron chi connectivity index (χ1n) is 7.35. The van der Waals surface area contributed by atoms with Gasteiger partial charge in [-0.25, -0.2) is 0 Å². The highest BCUT2D eigenvalue weighted by molar-refractivity contribution is 5.30. The molecule has 2 fully saturated rings. The van der Waals surface area contributed by atoms with Crippen molar-refractivity contribution in [3.8, 4) is 11.5 Å². The molecule has 0 radical (unpaired) electrons. The first kappa shape index (κ1) is 12.8. The number of ether oxygens (including phenoxy) is 2. The fourth-order valence-electron chi connectivity index (χ4n) is 3.31. The zero-order valence-electron chi connectivity index (χ0n) is 11.3. The summed E-state index contributed by atoms with van der Waals surface area (Å²) >= 11 is 0. The van der Waals surface area contributed by atoms with E-state index < -0.39 is 0 Å². The van der Waals surface area contributed by atoms with Gasteiger partial charge in [-0.3, -0.25) is 0 Å². The Balaban J connectivity index is 1.50. The van der Waals surface area contributed by atoms with Crippen molar-refractivity contribution < 1.29 is 14.6 Å². The first-order chi connectivity index (χ1) is 9.26. The molecule has 1 saturated carbocycles. The Hall–Kier alpha value is -1.22. The second kappa shape index (κ2) is 5.41. The molecule has 3 heteroatoms. The normalized spacial score (nSPS) is 25.6. The van der Waals surface area contributed by atoms with Crippen LogP contribution in [0.2, 0.25) is 0 Å². The van der Waals surface area contributed by atoms with Crippen molar-refractivity contribution in [2.45, 2.75) is 56.7 Å². The van der Waals surface area contributed by atoms with Crippen molar-refractivity contribution in [1.82, 2.24) is 0 Å². The molecule has 19 heavy (non-hydrogen) atoms. The SMILES string of the molecule is Oc1ccc(OCC2CCC3(CCCCC3)O2)cc1. The van der Waals surface area contributed by atoms with Gasteiger partial charge in [-0.05, 0) is 49.9 Å². The van der Waals surface area contributed by atoms with Crippen molar-refractivity contribution in [2.24, 2.45) is 0 Å². The van der Waals surface area contributed by atoms with E-state index in [0.29, 0.717) is 6.61 Å². The number of aromatic hydroxyl groups is 1. The summed E-state index contributed by atoms with van der Waals surface area (Å²) in [5.74, 6) is 1.07. The molecule has 1 saturated heterocycles. The van der Waals surface area contributed by atoms with Crippen LogP contribution in [0.3, 0.4) is 0 Å². The van der Waals surface area contributed by atoms with Crippen LogP contribution < -0.4 is 4.74 Å². The average Bonchev–Trinajstić information content (AvgIpc) is 2.82. The summed E-state index contributed by atoms with van der Waals surface area (Å²) in [5, 5.41) is 9.22. The molecule has 3 nitrogen and oxygen atoms in total. The van der Waals surface area contributed by atoms with Gasteiger partial charge in [0.1, 0.15) is 18.1 Å². The van der Waals surface area contributed by atoms with Gasteiger partial charge in [0.15, 0.2) is 0 Å². The number of benzene rings is 1. The summed E-state index contributed by atoms with van der Waals surface area (Å²) in [5.41, 5.74) is 0.168. The Morgan fingerprint density at radius 2 is 1.84 bits per heavy atom. The van der Waals surface area contributed by atoms with Crippen LogP contribution in [0.5, 0.6) is 11.5 Å². The molecule has 1 atom stereocenters. The topological polar surface area (TPSA) is 38.7 Å². The maximum atomic E-state index is 9.22. The first-order valence-corrected chi connectivity index (χ1v) is 7.35. The molecule has 1 heterocycles. The molecule has 0 aromatic heterocycles. The fraction of sp³-hybridized carbons (Fsp3) is 0.625. The minimum absolute atomic E-state index is 0.168. The van der Waals surface area contributed by atoms with E-state index in [-0.39, 0.29) is 17.5 Å². The van der Waals surface area contributed by atoms with Crippen molar-refractivity contribution in [3.05, 3.63) is 24.3 Å². The molecule has 1 N–H and O–H groups in total. The van der Waals surface area contributed by atoms with Crippen LogP contribution in [0.25, 0.3) is 0 Å². The Morgan fingerprint density at radius 1 is 1.11 bits per heavy atom. The van der Waals surface area contributed by atoms with Crippen LogP contribution in [0, 0.1) is 0 Å². The second-order valence-electron chi connectivity index (χ2n) is 5.83. The third-order valence-electron chi connectivity index (χ3n) is 4.38. The molecule has 3 rings (SSSR count). The van der Waals surface area contributed by atoms with E-state index in [1.807, 2.05) is 0 Å². The standard InChI is InChI=1S/C16H22O3/c17-13-4-6-14(7-5-13)18-12-15-8-11-16(19-15)9-2-1-3-10-16/h4-7,15,17H,1-3,8-12H2. The third-order valence-corrected chi connectivity index (χ3v) is 4.38. The maximum absolute atomic E-state index is 9.22. The molecule has 1 aromatic carbocycles. The summed E-state index contributed by atoms with van der Waals surface area (Å²) in [6.45, 7) is 0.618. The summed E-state index contributed by atoms with van der Waals surface area (Å²) in [4.78, 5) is 0. The fourth-order valence-corrected chi connectivity index (χ4v) is 3.31. The second-order valence-corrected chi connectivity index (χ2v) is 5.83. The quantitative estimate of drug-likeness (QED) is 0.903. The van der Waals surface area contributed by atoms with E-state index in [9.17, 15) is 5.11 Å². The largest absolute Gasteiger partial charge is 0.508 e. The zero-order valence-corrected chi connectivity index (χ0v) is 11.3. The highest BCUT2D eigenvalue weighted by atomic mass is 16.6. The average molecular weight is 262 g/mol. The Labute approximate surface area is 114 Å². The molecule has 1 aromatic rings. The van der Waals surface area contributed by atoms with Gasteiger partial charge in [0.05, 0.1) is 11.7 Å². The molecule has 1 unspecified atom stereocenters. The lowest BCUT2D eigenvalue weighted by Crippen LogP contribution is -2.32. The lowest BCUT2D eigenvalue weighted by molar-refractivity contribution is -0.0748. The van der Waals surface area contributed by atoms with Crippen LogP contribution >= 0.6 is 0 Å². The number of phenols is 1. The Kier molecular flexibility index (Phi) is 3.65. The van der Waals surface area contributed by atoms with E-state index in [1.165, 1.54) is 38.5 Å². The molecule has 104 valence electrons. The van der Waals surface area contributed by atoms with E-state index in [4.69, 9.17) is 9.47 Å². The van der Waals surface area contributed by atoms with Gasteiger partial charge in [-0.15, -0.1) is 0 Å². The minimum Gasteiger partial charge on any atom is -0.508 e. The van der Waals surface area contributed by atoms with E-state index in [2.05, 4.69) is 0 Å². The molecular formula is C16H22O3. The third kappa shape index (κ3) is 3.03. The molecule has 1 aliphatic carbocycles. The lowest BCUT2D eigenvalue weighted by Gasteiger charge is -2.33. The van der Waals surface area contributed by atoms with Crippen molar-refractivity contribution in [3.63, 3.8) is 0 Å². The van der Waals surface area contributed by atoms with Crippen molar-refractivity contribution in [2.75, 3.05) is 6.61 Å². The Morgan fingerprint density at radius 3 is 2.58 bits per heavy atom. The summed E-state index contributed by atoms with van der Waals surface area (Å²) in [6, 6.07) is 6.88. The number of hydrogen-bond donors (Lipinski definition) is 1. The van der Waals surface area contributed by atoms with Crippen LogP contribution in [0.15, 0.2) is 24.3 Å². The molecule has 1 spiro atoms. The maximum Gasteiger partial charge on any atom is 0.119 e. The molecule has 0 bridgehead atoms.